The lowest BCUT2D eigenvalue weighted by atomic mass is 9.97. The van der Waals surface area contributed by atoms with E-state index in [0.29, 0.717) is 0 Å². The summed E-state index contributed by atoms with van der Waals surface area (Å²) in [4.78, 5) is 0. The lowest BCUT2D eigenvalue weighted by Crippen LogP contribution is -2.21. The molecule has 0 spiro atoms. The molecule has 0 aliphatic carbocycles. The molecule has 1 aromatic rings. The predicted octanol–water partition coefficient (Wildman–Crippen LogP) is 3.27. The van der Waals surface area contributed by atoms with Gasteiger partial charge >= 0.3 is 0 Å². The van der Waals surface area contributed by atoms with Gasteiger partial charge in [0.1, 0.15) is 0 Å². The summed E-state index contributed by atoms with van der Waals surface area (Å²) in [6.45, 7) is 9.07. The van der Waals surface area contributed by atoms with Crippen LogP contribution in [0.5, 0.6) is 0 Å². The van der Waals surface area contributed by atoms with Crippen molar-refractivity contribution in [3.63, 3.8) is 0 Å². The molecule has 0 bridgehead atoms. The van der Waals surface area contributed by atoms with Crippen molar-refractivity contribution in [2.45, 2.75) is 33.3 Å². The van der Waals surface area contributed by atoms with E-state index in [1.54, 1.807) is 0 Å². The molecular weight excluding hydrogens is 160 g/mol. The largest absolute Gasteiger partial charge is 0.371 e. The minimum atomic E-state index is -0.164. The summed E-state index contributed by atoms with van der Waals surface area (Å²) >= 11 is 0. The fraction of sp³-hybridized carbons (Fsp3) is 0.500. The average Bonchev–Trinajstić information content (AvgIpc) is 2.05. The van der Waals surface area contributed by atoms with E-state index in [2.05, 4.69) is 45.0 Å². The molecule has 0 radical (unpaired) electrons. The highest BCUT2D eigenvalue weighted by Gasteiger charge is 2.19. The van der Waals surface area contributed by atoms with Crippen LogP contribution in [0, 0.1) is 6.92 Å². The van der Waals surface area contributed by atoms with E-state index >= 15 is 0 Å². The fourth-order valence-electron chi connectivity index (χ4n) is 1.40. The Bertz CT molecular complexity index is 259. The molecule has 0 heterocycles. The highest BCUT2D eigenvalue weighted by atomic mass is 16.5. The van der Waals surface area contributed by atoms with E-state index in [0.717, 1.165) is 6.61 Å². The summed E-state index contributed by atoms with van der Waals surface area (Å²) in [5.41, 5.74) is 2.36. The highest BCUT2D eigenvalue weighted by molar-refractivity contribution is 5.25. The Hall–Kier alpha value is -0.820. The molecule has 0 aliphatic rings. The van der Waals surface area contributed by atoms with Crippen molar-refractivity contribution in [3.05, 3.63) is 35.4 Å². The van der Waals surface area contributed by atoms with Crippen LogP contribution in [-0.2, 0) is 10.3 Å². The molecule has 1 heteroatoms. The zero-order valence-electron chi connectivity index (χ0n) is 8.92. The van der Waals surface area contributed by atoms with E-state index < -0.39 is 0 Å². The van der Waals surface area contributed by atoms with Crippen molar-refractivity contribution in [1.29, 1.82) is 0 Å². The van der Waals surface area contributed by atoms with Crippen molar-refractivity contribution < 1.29 is 4.74 Å². The number of hydrogen-bond donors (Lipinski definition) is 0. The molecule has 1 rings (SSSR count). The van der Waals surface area contributed by atoms with Gasteiger partial charge in [-0.15, -0.1) is 0 Å². The normalized spacial score (nSPS) is 11.7. The lowest BCUT2D eigenvalue weighted by molar-refractivity contribution is -0.0140. The van der Waals surface area contributed by atoms with Crippen LogP contribution >= 0.6 is 0 Å². The maximum Gasteiger partial charge on any atom is 0.0875 e. The molecule has 0 atom stereocenters. The first kappa shape index (κ1) is 10.3. The van der Waals surface area contributed by atoms with Crippen LogP contribution in [0.2, 0.25) is 0 Å². The highest BCUT2D eigenvalue weighted by Crippen LogP contribution is 2.24. The van der Waals surface area contributed by atoms with Gasteiger partial charge in [-0.3, -0.25) is 0 Å². The van der Waals surface area contributed by atoms with Crippen molar-refractivity contribution in [3.8, 4) is 0 Å². The van der Waals surface area contributed by atoms with Crippen molar-refractivity contribution in [1.82, 2.24) is 0 Å². The van der Waals surface area contributed by atoms with Crippen molar-refractivity contribution in [2.24, 2.45) is 0 Å². The maximum atomic E-state index is 5.66. The van der Waals surface area contributed by atoms with E-state index in [4.69, 9.17) is 4.74 Å². The second-order valence-corrected chi connectivity index (χ2v) is 3.81. The van der Waals surface area contributed by atoms with Gasteiger partial charge in [0.05, 0.1) is 5.60 Å². The van der Waals surface area contributed by atoms with Gasteiger partial charge in [-0.1, -0.05) is 29.8 Å². The van der Waals surface area contributed by atoms with Crippen LogP contribution in [-0.4, -0.2) is 6.61 Å². The van der Waals surface area contributed by atoms with Crippen LogP contribution in [0.3, 0.4) is 0 Å². The first-order valence-electron chi connectivity index (χ1n) is 4.77. The quantitative estimate of drug-likeness (QED) is 0.690. The Morgan fingerprint density at radius 1 is 1.15 bits per heavy atom. The van der Waals surface area contributed by atoms with Crippen LogP contribution < -0.4 is 0 Å². The van der Waals surface area contributed by atoms with Crippen molar-refractivity contribution in [2.75, 3.05) is 6.61 Å². The van der Waals surface area contributed by atoms with Gasteiger partial charge in [0.2, 0.25) is 0 Å². The Balaban J connectivity index is 2.87. The first-order chi connectivity index (χ1) is 6.06. The Labute approximate surface area is 80.7 Å². The van der Waals surface area contributed by atoms with E-state index in [1.165, 1.54) is 11.1 Å². The molecule has 0 saturated carbocycles. The van der Waals surface area contributed by atoms with E-state index in [-0.39, 0.29) is 5.60 Å². The summed E-state index contributed by atoms with van der Waals surface area (Å²) in [7, 11) is 0. The zero-order valence-corrected chi connectivity index (χ0v) is 8.92. The summed E-state index contributed by atoms with van der Waals surface area (Å²) in [6, 6.07) is 8.50. The van der Waals surface area contributed by atoms with Crippen LogP contribution in [0.1, 0.15) is 31.9 Å². The summed E-state index contributed by atoms with van der Waals surface area (Å²) in [5.74, 6) is 0. The predicted molar refractivity (Wildman–Crippen MR) is 55.8 cm³/mol. The molecule has 1 aromatic carbocycles. The number of aryl methyl sites for hydroxylation is 1. The standard InChI is InChI=1S/C12H18O/c1-5-13-12(3,4)11-8-6-10(2)7-9-11/h6-9H,5H2,1-4H3. The SMILES string of the molecule is CCOC(C)(C)c1ccc(C)cc1. The molecule has 0 aliphatic heterocycles. The molecule has 1 nitrogen and oxygen atoms in total. The Morgan fingerprint density at radius 2 is 1.69 bits per heavy atom. The van der Waals surface area contributed by atoms with Gasteiger partial charge < -0.3 is 4.74 Å². The number of hydrogen-bond acceptors (Lipinski definition) is 1. The van der Waals surface area contributed by atoms with Gasteiger partial charge in [-0.05, 0) is 33.3 Å². The molecular formula is C12H18O. The van der Waals surface area contributed by atoms with Gasteiger partial charge in [-0.25, -0.2) is 0 Å². The molecule has 72 valence electrons. The van der Waals surface area contributed by atoms with Crippen LogP contribution in [0.15, 0.2) is 24.3 Å². The van der Waals surface area contributed by atoms with Gasteiger partial charge in [-0.2, -0.15) is 0 Å². The molecule has 0 unspecified atom stereocenters. The zero-order chi connectivity index (χ0) is 9.90. The minimum absolute atomic E-state index is 0.164. The number of benzene rings is 1. The second-order valence-electron chi connectivity index (χ2n) is 3.81. The number of ether oxygens (including phenoxy) is 1. The van der Waals surface area contributed by atoms with E-state index in [9.17, 15) is 0 Å². The Kier molecular flexibility index (Phi) is 3.10. The molecule has 0 N–H and O–H groups in total. The smallest absolute Gasteiger partial charge is 0.0875 e. The number of rotatable bonds is 3. The van der Waals surface area contributed by atoms with Gasteiger partial charge in [0.25, 0.3) is 0 Å². The third-order valence-electron chi connectivity index (χ3n) is 2.25. The average molecular weight is 178 g/mol. The molecule has 0 saturated heterocycles. The second kappa shape index (κ2) is 3.93. The van der Waals surface area contributed by atoms with Crippen LogP contribution in [0.4, 0.5) is 0 Å². The lowest BCUT2D eigenvalue weighted by Gasteiger charge is -2.25. The molecule has 0 fully saturated rings. The maximum absolute atomic E-state index is 5.66. The first-order valence-corrected chi connectivity index (χ1v) is 4.77. The fourth-order valence-corrected chi connectivity index (χ4v) is 1.40. The molecule has 13 heavy (non-hydrogen) atoms. The Morgan fingerprint density at radius 3 is 2.15 bits per heavy atom. The molecule has 0 amide bonds. The third kappa shape index (κ3) is 2.56. The van der Waals surface area contributed by atoms with E-state index in [1.807, 2.05) is 6.92 Å². The van der Waals surface area contributed by atoms with Crippen molar-refractivity contribution >= 4 is 0 Å². The summed E-state index contributed by atoms with van der Waals surface area (Å²) in [5, 5.41) is 0. The van der Waals surface area contributed by atoms with Crippen LogP contribution in [0.25, 0.3) is 0 Å². The molecule has 0 aromatic heterocycles. The topological polar surface area (TPSA) is 9.23 Å². The monoisotopic (exact) mass is 178 g/mol. The minimum Gasteiger partial charge on any atom is -0.371 e. The van der Waals surface area contributed by atoms with Gasteiger partial charge in [0.15, 0.2) is 0 Å². The summed E-state index contributed by atoms with van der Waals surface area (Å²) < 4.78 is 5.66. The third-order valence-corrected chi connectivity index (χ3v) is 2.25. The summed E-state index contributed by atoms with van der Waals surface area (Å²) in [6.07, 6.45) is 0. The van der Waals surface area contributed by atoms with Gasteiger partial charge in [0, 0.05) is 6.61 Å².